The minimum absolute atomic E-state index is 0.124. The zero-order chi connectivity index (χ0) is 14.7. The van der Waals surface area contributed by atoms with Crippen molar-refractivity contribution in [1.82, 2.24) is 0 Å². The normalized spacial score (nSPS) is 16.9. The molecule has 0 saturated carbocycles. The standard InChI is InChI=1S/C18H18N2O/c19-11-13-4-1-5-14(10-13)12-21-18-9-3-6-15-16(18)7-2-8-17(15)20/h1,3-6,9-10,17H,2,7-8,12,20H2. The third-order valence-corrected chi connectivity index (χ3v) is 3.96. The third-order valence-electron chi connectivity index (χ3n) is 3.96. The molecule has 0 radical (unpaired) electrons. The fourth-order valence-corrected chi connectivity index (χ4v) is 2.88. The molecule has 0 spiro atoms. The highest BCUT2D eigenvalue weighted by atomic mass is 16.5. The Morgan fingerprint density at radius 2 is 2.10 bits per heavy atom. The van der Waals surface area contributed by atoms with E-state index < -0.39 is 0 Å². The first-order valence-corrected chi connectivity index (χ1v) is 7.27. The highest BCUT2D eigenvalue weighted by Gasteiger charge is 2.19. The van der Waals surface area contributed by atoms with Gasteiger partial charge in [0.1, 0.15) is 12.4 Å². The molecule has 1 atom stereocenters. The van der Waals surface area contributed by atoms with Crippen LogP contribution in [0.5, 0.6) is 5.75 Å². The molecule has 0 aromatic heterocycles. The molecule has 1 aliphatic carbocycles. The number of nitriles is 1. The maximum Gasteiger partial charge on any atom is 0.123 e. The summed E-state index contributed by atoms with van der Waals surface area (Å²) in [5.74, 6) is 0.921. The van der Waals surface area contributed by atoms with Gasteiger partial charge in [0.15, 0.2) is 0 Å². The van der Waals surface area contributed by atoms with E-state index in [1.54, 1.807) is 6.07 Å². The average Bonchev–Trinajstić information content (AvgIpc) is 2.53. The van der Waals surface area contributed by atoms with Crippen LogP contribution in [0.4, 0.5) is 0 Å². The van der Waals surface area contributed by atoms with Gasteiger partial charge in [-0.05, 0) is 54.2 Å². The monoisotopic (exact) mass is 278 g/mol. The second kappa shape index (κ2) is 5.99. The van der Waals surface area contributed by atoms with Crippen molar-refractivity contribution in [3.63, 3.8) is 0 Å². The molecule has 3 heteroatoms. The van der Waals surface area contributed by atoms with Crippen molar-refractivity contribution in [2.45, 2.75) is 31.9 Å². The summed E-state index contributed by atoms with van der Waals surface area (Å²) >= 11 is 0. The zero-order valence-electron chi connectivity index (χ0n) is 11.9. The van der Waals surface area contributed by atoms with Crippen LogP contribution in [-0.2, 0) is 13.0 Å². The van der Waals surface area contributed by atoms with Gasteiger partial charge in [-0.15, -0.1) is 0 Å². The van der Waals surface area contributed by atoms with E-state index in [9.17, 15) is 0 Å². The van der Waals surface area contributed by atoms with Crippen LogP contribution in [0.1, 0.15) is 41.1 Å². The summed E-state index contributed by atoms with van der Waals surface area (Å²) in [6.45, 7) is 0.473. The Kier molecular flexibility index (Phi) is 3.89. The van der Waals surface area contributed by atoms with Gasteiger partial charge in [0, 0.05) is 6.04 Å². The number of rotatable bonds is 3. The minimum atomic E-state index is 0.124. The maximum atomic E-state index is 8.93. The Labute approximate surface area is 125 Å². The van der Waals surface area contributed by atoms with Crippen LogP contribution < -0.4 is 10.5 Å². The fraction of sp³-hybridized carbons (Fsp3) is 0.278. The molecule has 0 amide bonds. The SMILES string of the molecule is N#Cc1cccc(COc2cccc3c2CCCC3N)c1. The Morgan fingerprint density at radius 1 is 1.24 bits per heavy atom. The van der Waals surface area contributed by atoms with Crippen LogP contribution in [-0.4, -0.2) is 0 Å². The molecule has 3 rings (SSSR count). The molecule has 106 valence electrons. The van der Waals surface area contributed by atoms with Gasteiger partial charge in [-0.2, -0.15) is 5.26 Å². The zero-order valence-corrected chi connectivity index (χ0v) is 11.9. The van der Waals surface area contributed by atoms with Gasteiger partial charge in [0.05, 0.1) is 11.6 Å². The molecule has 0 saturated heterocycles. The summed E-state index contributed by atoms with van der Waals surface area (Å²) in [4.78, 5) is 0. The molecule has 1 unspecified atom stereocenters. The largest absolute Gasteiger partial charge is 0.489 e. The van der Waals surface area contributed by atoms with Gasteiger partial charge in [0.25, 0.3) is 0 Å². The number of benzene rings is 2. The number of ether oxygens (including phenoxy) is 1. The minimum Gasteiger partial charge on any atom is -0.489 e. The topological polar surface area (TPSA) is 59.0 Å². The van der Waals surface area contributed by atoms with E-state index in [0.29, 0.717) is 12.2 Å². The van der Waals surface area contributed by atoms with Crippen molar-refractivity contribution < 1.29 is 4.74 Å². The smallest absolute Gasteiger partial charge is 0.123 e. The van der Waals surface area contributed by atoms with Gasteiger partial charge in [-0.1, -0.05) is 24.3 Å². The first-order valence-electron chi connectivity index (χ1n) is 7.27. The van der Waals surface area contributed by atoms with E-state index in [1.165, 1.54) is 11.1 Å². The van der Waals surface area contributed by atoms with Crippen LogP contribution in [0.15, 0.2) is 42.5 Å². The van der Waals surface area contributed by atoms with Gasteiger partial charge in [-0.3, -0.25) is 0 Å². The van der Waals surface area contributed by atoms with Crippen LogP contribution in [0.25, 0.3) is 0 Å². The molecule has 0 bridgehead atoms. The average molecular weight is 278 g/mol. The molecule has 0 fully saturated rings. The lowest BCUT2D eigenvalue weighted by molar-refractivity contribution is 0.300. The number of fused-ring (bicyclic) bond motifs is 1. The quantitative estimate of drug-likeness (QED) is 0.935. The second-order valence-electron chi connectivity index (χ2n) is 5.42. The van der Waals surface area contributed by atoms with Crippen LogP contribution in [0.2, 0.25) is 0 Å². The molecule has 3 nitrogen and oxygen atoms in total. The first kappa shape index (κ1) is 13.7. The molecule has 2 aromatic carbocycles. The first-order chi connectivity index (χ1) is 10.3. The molecular formula is C18H18N2O. The predicted molar refractivity (Wildman–Crippen MR) is 81.8 cm³/mol. The number of nitrogens with two attached hydrogens (primary N) is 1. The fourth-order valence-electron chi connectivity index (χ4n) is 2.88. The van der Waals surface area contributed by atoms with Crippen molar-refractivity contribution in [3.05, 3.63) is 64.7 Å². The number of hydrogen-bond acceptors (Lipinski definition) is 3. The van der Waals surface area contributed by atoms with E-state index in [1.807, 2.05) is 30.3 Å². The Bertz CT molecular complexity index is 688. The van der Waals surface area contributed by atoms with E-state index >= 15 is 0 Å². The Balaban J connectivity index is 1.79. The molecular weight excluding hydrogens is 260 g/mol. The van der Waals surface area contributed by atoms with Crippen molar-refractivity contribution in [2.75, 3.05) is 0 Å². The van der Waals surface area contributed by atoms with Gasteiger partial charge >= 0.3 is 0 Å². The summed E-state index contributed by atoms with van der Waals surface area (Å²) in [7, 11) is 0. The molecule has 1 aliphatic rings. The summed E-state index contributed by atoms with van der Waals surface area (Å²) in [5, 5.41) is 8.93. The number of nitrogens with zero attached hydrogens (tertiary/aromatic N) is 1. The van der Waals surface area contributed by atoms with Crippen molar-refractivity contribution in [3.8, 4) is 11.8 Å². The van der Waals surface area contributed by atoms with Crippen molar-refractivity contribution in [1.29, 1.82) is 5.26 Å². The van der Waals surface area contributed by atoms with Crippen molar-refractivity contribution >= 4 is 0 Å². The number of hydrogen-bond donors (Lipinski definition) is 1. The van der Waals surface area contributed by atoms with E-state index in [-0.39, 0.29) is 6.04 Å². The molecule has 2 aromatic rings. The third kappa shape index (κ3) is 2.91. The van der Waals surface area contributed by atoms with Gasteiger partial charge in [-0.25, -0.2) is 0 Å². The molecule has 2 N–H and O–H groups in total. The van der Waals surface area contributed by atoms with E-state index in [4.69, 9.17) is 15.7 Å². The summed E-state index contributed by atoms with van der Waals surface area (Å²) < 4.78 is 5.97. The molecule has 0 heterocycles. The van der Waals surface area contributed by atoms with E-state index in [2.05, 4.69) is 12.1 Å². The maximum absolute atomic E-state index is 8.93. The summed E-state index contributed by atoms with van der Waals surface area (Å²) in [6.07, 6.45) is 3.18. The Morgan fingerprint density at radius 3 is 2.95 bits per heavy atom. The van der Waals surface area contributed by atoms with Gasteiger partial charge < -0.3 is 10.5 Å². The van der Waals surface area contributed by atoms with Gasteiger partial charge in [0.2, 0.25) is 0 Å². The highest BCUT2D eigenvalue weighted by molar-refractivity contribution is 5.43. The van der Waals surface area contributed by atoms with E-state index in [0.717, 1.165) is 30.6 Å². The second-order valence-corrected chi connectivity index (χ2v) is 5.42. The summed E-state index contributed by atoms with van der Waals surface area (Å²) in [5.41, 5.74) is 10.3. The lowest BCUT2D eigenvalue weighted by Gasteiger charge is -2.24. The Hall–Kier alpha value is -2.31. The van der Waals surface area contributed by atoms with Crippen LogP contribution in [0.3, 0.4) is 0 Å². The molecule has 0 aliphatic heterocycles. The van der Waals surface area contributed by atoms with Crippen LogP contribution in [0, 0.1) is 11.3 Å². The summed E-state index contributed by atoms with van der Waals surface area (Å²) in [6, 6.07) is 15.9. The van der Waals surface area contributed by atoms with Crippen molar-refractivity contribution in [2.24, 2.45) is 5.73 Å². The lowest BCUT2D eigenvalue weighted by Crippen LogP contribution is -2.18. The highest BCUT2D eigenvalue weighted by Crippen LogP contribution is 2.34. The lowest BCUT2D eigenvalue weighted by atomic mass is 9.87. The molecule has 21 heavy (non-hydrogen) atoms. The van der Waals surface area contributed by atoms with Crippen LogP contribution >= 0.6 is 0 Å². The predicted octanol–water partition coefficient (Wildman–Crippen LogP) is 3.47.